The molecule has 0 aliphatic rings. The molecule has 2 N–H and O–H groups in total. The summed E-state index contributed by atoms with van der Waals surface area (Å²) < 4.78 is 21.0. The number of aromatic amines is 1. The number of ether oxygens (including phenoxy) is 4. The summed E-state index contributed by atoms with van der Waals surface area (Å²) in [6.07, 6.45) is 0. The lowest BCUT2D eigenvalue weighted by molar-refractivity contribution is -0.119. The minimum absolute atomic E-state index is 0.243. The molecular formula is C23H21N3O6S. The van der Waals surface area contributed by atoms with Gasteiger partial charge in [0.2, 0.25) is 0 Å². The highest BCUT2D eigenvalue weighted by Crippen LogP contribution is 2.35. The summed E-state index contributed by atoms with van der Waals surface area (Å²) in [7, 11) is 4.71. The van der Waals surface area contributed by atoms with Gasteiger partial charge in [0, 0.05) is 27.9 Å². The van der Waals surface area contributed by atoms with Crippen LogP contribution in [0.4, 0.5) is 5.13 Å². The van der Waals surface area contributed by atoms with Gasteiger partial charge in [-0.05, 0) is 36.4 Å². The molecule has 0 fully saturated rings. The van der Waals surface area contributed by atoms with Gasteiger partial charge in [-0.25, -0.2) is 9.78 Å². The number of aromatic nitrogens is 2. The number of hydrogen-bond donors (Lipinski definition) is 2. The van der Waals surface area contributed by atoms with Crippen molar-refractivity contribution in [3.8, 4) is 28.5 Å². The van der Waals surface area contributed by atoms with Gasteiger partial charge in [0.25, 0.3) is 5.91 Å². The topological polar surface area (TPSA) is 112 Å². The van der Waals surface area contributed by atoms with E-state index in [1.165, 1.54) is 11.3 Å². The van der Waals surface area contributed by atoms with Gasteiger partial charge in [-0.2, -0.15) is 0 Å². The van der Waals surface area contributed by atoms with Crippen LogP contribution in [-0.2, 0) is 9.53 Å². The van der Waals surface area contributed by atoms with Crippen molar-refractivity contribution in [3.63, 3.8) is 0 Å². The number of nitrogens with zero attached hydrogens (tertiary/aromatic N) is 1. The molecule has 0 saturated carbocycles. The third-order valence-corrected chi connectivity index (χ3v) is 5.57. The van der Waals surface area contributed by atoms with E-state index in [-0.39, 0.29) is 5.69 Å². The maximum Gasteiger partial charge on any atom is 0.355 e. The second-order valence-corrected chi connectivity index (χ2v) is 7.72. The van der Waals surface area contributed by atoms with Crippen LogP contribution in [0, 0.1) is 0 Å². The molecule has 4 aromatic rings. The quantitative estimate of drug-likeness (QED) is 0.375. The Bertz CT molecular complexity index is 1310. The van der Waals surface area contributed by atoms with Gasteiger partial charge in [0.1, 0.15) is 22.9 Å². The number of methoxy groups -OCH3 is 3. The Kier molecular flexibility index (Phi) is 6.45. The maximum atomic E-state index is 12.3. The van der Waals surface area contributed by atoms with Gasteiger partial charge in [0.15, 0.2) is 11.7 Å². The Morgan fingerprint density at radius 3 is 2.52 bits per heavy atom. The van der Waals surface area contributed by atoms with E-state index in [4.69, 9.17) is 18.9 Å². The number of fused-ring (bicyclic) bond motifs is 1. The molecule has 0 spiro atoms. The SMILES string of the molecule is COc1ccc(OC)c(-c2csc(NC(=O)COC(=O)c3cc4ccc(OC)cc4[nH]3)n2)c1. The Morgan fingerprint density at radius 1 is 1.00 bits per heavy atom. The fourth-order valence-corrected chi connectivity index (χ4v) is 3.90. The highest BCUT2D eigenvalue weighted by atomic mass is 32.1. The molecule has 0 radical (unpaired) electrons. The lowest BCUT2D eigenvalue weighted by Crippen LogP contribution is -2.21. The summed E-state index contributed by atoms with van der Waals surface area (Å²) in [6, 6.07) is 12.4. The van der Waals surface area contributed by atoms with Crippen LogP contribution in [0.1, 0.15) is 10.5 Å². The number of rotatable bonds is 8. The number of carbonyl (C=O) groups is 2. The number of esters is 1. The molecule has 0 aliphatic carbocycles. The van der Waals surface area contributed by atoms with Crippen LogP contribution in [0.5, 0.6) is 17.2 Å². The molecule has 9 nitrogen and oxygen atoms in total. The van der Waals surface area contributed by atoms with Gasteiger partial charge in [0.05, 0.1) is 27.0 Å². The smallest absolute Gasteiger partial charge is 0.355 e. The molecule has 10 heteroatoms. The van der Waals surface area contributed by atoms with E-state index < -0.39 is 18.5 Å². The average molecular weight is 468 g/mol. The molecule has 170 valence electrons. The van der Waals surface area contributed by atoms with E-state index in [1.807, 2.05) is 6.07 Å². The second-order valence-electron chi connectivity index (χ2n) is 6.86. The molecule has 0 aliphatic heterocycles. The molecule has 0 saturated heterocycles. The molecule has 2 aromatic carbocycles. The van der Waals surface area contributed by atoms with Gasteiger partial charge in [-0.1, -0.05) is 0 Å². The first-order chi connectivity index (χ1) is 16.0. The van der Waals surface area contributed by atoms with E-state index in [0.717, 1.165) is 16.5 Å². The van der Waals surface area contributed by atoms with Gasteiger partial charge >= 0.3 is 5.97 Å². The van der Waals surface area contributed by atoms with Crippen molar-refractivity contribution in [1.82, 2.24) is 9.97 Å². The summed E-state index contributed by atoms with van der Waals surface area (Å²) >= 11 is 1.24. The first-order valence-electron chi connectivity index (χ1n) is 9.82. The van der Waals surface area contributed by atoms with Crippen molar-refractivity contribution in [2.24, 2.45) is 0 Å². The number of anilines is 1. The minimum atomic E-state index is -0.638. The van der Waals surface area contributed by atoms with Crippen molar-refractivity contribution in [2.45, 2.75) is 0 Å². The third kappa shape index (κ3) is 4.90. The zero-order valence-electron chi connectivity index (χ0n) is 18.1. The van der Waals surface area contributed by atoms with Crippen LogP contribution in [-0.4, -0.2) is 49.8 Å². The first kappa shape index (κ1) is 22.2. The van der Waals surface area contributed by atoms with Crippen molar-refractivity contribution >= 4 is 39.2 Å². The molecule has 0 atom stereocenters. The van der Waals surface area contributed by atoms with Crippen molar-refractivity contribution in [2.75, 3.05) is 33.3 Å². The Hall–Kier alpha value is -4.05. The Balaban J connectivity index is 1.38. The summed E-state index contributed by atoms with van der Waals surface area (Å²) in [5.41, 5.74) is 2.33. The van der Waals surface area contributed by atoms with E-state index in [2.05, 4.69) is 15.3 Å². The standard InChI is InChI=1S/C23H21N3O6S/c1-29-14-6-7-20(31-3)16(9-14)19-12-33-23(25-19)26-21(27)11-32-22(28)18-8-13-4-5-15(30-2)10-17(13)24-18/h4-10,12,24H,11H2,1-3H3,(H,25,26,27). The van der Waals surface area contributed by atoms with Gasteiger partial charge in [-0.3, -0.25) is 10.1 Å². The van der Waals surface area contributed by atoms with Crippen LogP contribution in [0.15, 0.2) is 47.8 Å². The molecule has 2 heterocycles. The lowest BCUT2D eigenvalue weighted by atomic mass is 10.1. The summed E-state index contributed by atoms with van der Waals surface area (Å²) in [4.78, 5) is 32.0. The van der Waals surface area contributed by atoms with E-state index in [0.29, 0.717) is 28.1 Å². The Morgan fingerprint density at radius 2 is 1.76 bits per heavy atom. The van der Waals surface area contributed by atoms with Crippen molar-refractivity contribution < 1.29 is 28.5 Å². The molecule has 1 amide bonds. The fourth-order valence-electron chi connectivity index (χ4n) is 3.18. The maximum absolute atomic E-state index is 12.3. The number of carbonyl (C=O) groups excluding carboxylic acids is 2. The number of thiazole rings is 1. The predicted molar refractivity (Wildman–Crippen MR) is 124 cm³/mol. The molecule has 2 aromatic heterocycles. The second kappa shape index (κ2) is 9.61. The highest BCUT2D eigenvalue weighted by Gasteiger charge is 2.16. The largest absolute Gasteiger partial charge is 0.497 e. The molecule has 33 heavy (non-hydrogen) atoms. The molecule has 4 rings (SSSR count). The van der Waals surface area contributed by atoms with Gasteiger partial charge in [-0.15, -0.1) is 11.3 Å². The van der Waals surface area contributed by atoms with Crippen LogP contribution in [0.3, 0.4) is 0 Å². The predicted octanol–water partition coefficient (Wildman–Crippen LogP) is 4.11. The summed E-state index contributed by atoms with van der Waals surface area (Å²) in [5, 5.41) is 5.63. The third-order valence-electron chi connectivity index (χ3n) is 4.82. The molecule has 0 bridgehead atoms. The summed E-state index contributed by atoms with van der Waals surface area (Å²) in [6.45, 7) is -0.449. The van der Waals surface area contributed by atoms with Crippen LogP contribution in [0.2, 0.25) is 0 Å². The number of amides is 1. The number of hydrogen-bond acceptors (Lipinski definition) is 8. The zero-order chi connectivity index (χ0) is 23.4. The lowest BCUT2D eigenvalue weighted by Gasteiger charge is -2.08. The van der Waals surface area contributed by atoms with E-state index >= 15 is 0 Å². The van der Waals surface area contributed by atoms with Gasteiger partial charge < -0.3 is 23.9 Å². The zero-order valence-corrected chi connectivity index (χ0v) is 18.9. The van der Waals surface area contributed by atoms with E-state index in [1.54, 1.807) is 63.1 Å². The first-order valence-corrected chi connectivity index (χ1v) is 10.7. The fraction of sp³-hybridized carbons (Fsp3) is 0.174. The molecule has 0 unspecified atom stereocenters. The van der Waals surface area contributed by atoms with E-state index in [9.17, 15) is 9.59 Å². The normalized spacial score (nSPS) is 10.6. The number of benzene rings is 2. The average Bonchev–Trinajstić information content (AvgIpc) is 3.48. The van der Waals surface area contributed by atoms with Crippen molar-refractivity contribution in [1.29, 1.82) is 0 Å². The number of H-pyrrole nitrogens is 1. The molecular weight excluding hydrogens is 446 g/mol. The highest BCUT2D eigenvalue weighted by molar-refractivity contribution is 7.14. The van der Waals surface area contributed by atoms with Crippen LogP contribution in [0.25, 0.3) is 22.2 Å². The minimum Gasteiger partial charge on any atom is -0.497 e. The number of nitrogens with one attached hydrogen (secondary N) is 2. The Labute approximate surface area is 193 Å². The van der Waals surface area contributed by atoms with Crippen molar-refractivity contribution in [3.05, 3.63) is 53.5 Å². The summed E-state index contributed by atoms with van der Waals surface area (Å²) in [5.74, 6) is 0.814. The van der Waals surface area contributed by atoms with Crippen LogP contribution >= 0.6 is 11.3 Å². The van der Waals surface area contributed by atoms with Crippen LogP contribution < -0.4 is 19.5 Å². The monoisotopic (exact) mass is 467 g/mol.